The fraction of sp³-hybridized carbons (Fsp3) is 0.400. The normalized spacial score (nSPS) is 20.3. The topological polar surface area (TPSA) is 69.7 Å². The number of epoxide rings is 1. The number of benzene rings is 1. The molecule has 1 saturated heterocycles. The van der Waals surface area contributed by atoms with E-state index in [0.29, 0.717) is 18.6 Å². The van der Waals surface area contributed by atoms with E-state index in [-0.39, 0.29) is 11.0 Å². The molecule has 2 rings (SSSR count). The molecule has 0 spiro atoms. The molecule has 1 atom stereocenters. The molecule has 1 aliphatic rings. The second kappa shape index (κ2) is 3.59. The monoisotopic (exact) mass is 227 g/mol. The number of hydrogen-bond donors (Lipinski definition) is 0. The lowest BCUT2D eigenvalue weighted by molar-refractivity contribution is 0.405. The van der Waals surface area contributed by atoms with E-state index < -0.39 is 10.1 Å². The van der Waals surface area contributed by atoms with E-state index in [0.717, 1.165) is 5.56 Å². The first-order valence-corrected chi connectivity index (χ1v) is 6.05. The van der Waals surface area contributed by atoms with Crippen LogP contribution in [0.3, 0.4) is 0 Å². The Labute approximate surface area is 88.6 Å². The van der Waals surface area contributed by atoms with E-state index in [1.165, 1.54) is 6.07 Å². The van der Waals surface area contributed by atoms with E-state index in [1.807, 2.05) is 0 Å². The zero-order valence-corrected chi connectivity index (χ0v) is 9.08. The van der Waals surface area contributed by atoms with Crippen molar-refractivity contribution in [2.45, 2.75) is 24.3 Å². The summed E-state index contributed by atoms with van der Waals surface area (Å²) in [6.07, 6.45) is 0.579. The highest BCUT2D eigenvalue weighted by atomic mass is 32.2. The SMILES string of the molecule is Cc1cccc(S(=O)(=O)[O-])c1CC1CO1. The highest BCUT2D eigenvalue weighted by molar-refractivity contribution is 7.85. The van der Waals surface area contributed by atoms with Crippen LogP contribution in [0.4, 0.5) is 0 Å². The first-order chi connectivity index (χ1) is 6.98. The van der Waals surface area contributed by atoms with Gasteiger partial charge in [-0.2, -0.15) is 0 Å². The van der Waals surface area contributed by atoms with Gasteiger partial charge in [0.15, 0.2) is 0 Å². The van der Waals surface area contributed by atoms with Crippen molar-refractivity contribution in [2.24, 2.45) is 0 Å². The summed E-state index contributed by atoms with van der Waals surface area (Å²) in [5, 5.41) is 0. The van der Waals surface area contributed by atoms with Gasteiger partial charge in [-0.3, -0.25) is 0 Å². The van der Waals surface area contributed by atoms with E-state index in [2.05, 4.69) is 0 Å². The molecule has 0 amide bonds. The Morgan fingerprint density at radius 1 is 1.53 bits per heavy atom. The first kappa shape index (κ1) is 10.6. The Balaban J connectivity index is 2.47. The Kier molecular flexibility index (Phi) is 2.54. The highest BCUT2D eigenvalue weighted by Gasteiger charge is 2.25. The Morgan fingerprint density at radius 3 is 2.73 bits per heavy atom. The van der Waals surface area contributed by atoms with Crippen molar-refractivity contribution in [3.05, 3.63) is 29.3 Å². The summed E-state index contributed by atoms with van der Waals surface area (Å²) in [6.45, 7) is 2.44. The number of hydrogen-bond acceptors (Lipinski definition) is 4. The molecule has 0 bridgehead atoms. The van der Waals surface area contributed by atoms with Crippen molar-refractivity contribution in [1.82, 2.24) is 0 Å². The van der Waals surface area contributed by atoms with Gasteiger partial charge < -0.3 is 9.29 Å². The summed E-state index contributed by atoms with van der Waals surface area (Å²) in [5.41, 5.74) is 1.41. The zero-order valence-electron chi connectivity index (χ0n) is 8.26. The third kappa shape index (κ3) is 2.37. The van der Waals surface area contributed by atoms with Crippen molar-refractivity contribution in [3.63, 3.8) is 0 Å². The minimum absolute atomic E-state index is 0.0756. The highest BCUT2D eigenvalue weighted by Crippen LogP contribution is 2.24. The Hall–Kier alpha value is -0.910. The van der Waals surface area contributed by atoms with Crippen LogP contribution in [0, 0.1) is 6.92 Å². The predicted octanol–water partition coefficient (Wildman–Crippen LogP) is 0.840. The average molecular weight is 227 g/mol. The van der Waals surface area contributed by atoms with Gasteiger partial charge in [0.05, 0.1) is 17.6 Å². The van der Waals surface area contributed by atoms with Crippen LogP contribution >= 0.6 is 0 Å². The number of aryl methyl sites for hydroxylation is 1. The molecule has 1 aliphatic heterocycles. The maximum absolute atomic E-state index is 11.0. The second-order valence-electron chi connectivity index (χ2n) is 3.67. The molecule has 4 nitrogen and oxygen atoms in total. The molecule has 82 valence electrons. The zero-order chi connectivity index (χ0) is 11.1. The van der Waals surface area contributed by atoms with Crippen LogP contribution in [-0.2, 0) is 21.3 Å². The molecule has 1 heterocycles. The van der Waals surface area contributed by atoms with Crippen LogP contribution < -0.4 is 0 Å². The second-order valence-corrected chi connectivity index (χ2v) is 5.01. The Morgan fingerprint density at radius 2 is 2.20 bits per heavy atom. The molecular weight excluding hydrogens is 216 g/mol. The third-order valence-electron chi connectivity index (χ3n) is 2.47. The van der Waals surface area contributed by atoms with Crippen LogP contribution in [-0.4, -0.2) is 25.7 Å². The molecule has 1 fully saturated rings. The maximum atomic E-state index is 11.0. The van der Waals surface area contributed by atoms with E-state index in [1.54, 1.807) is 19.1 Å². The van der Waals surface area contributed by atoms with Crippen LogP contribution in [0.1, 0.15) is 11.1 Å². The predicted molar refractivity (Wildman–Crippen MR) is 52.6 cm³/mol. The van der Waals surface area contributed by atoms with Crippen LogP contribution in [0.25, 0.3) is 0 Å². The lowest BCUT2D eigenvalue weighted by Crippen LogP contribution is -2.07. The van der Waals surface area contributed by atoms with Gasteiger partial charge in [0.25, 0.3) is 0 Å². The van der Waals surface area contributed by atoms with Crippen LogP contribution in [0.15, 0.2) is 23.1 Å². The molecule has 0 saturated carbocycles. The van der Waals surface area contributed by atoms with E-state index in [9.17, 15) is 13.0 Å². The fourth-order valence-electron chi connectivity index (χ4n) is 1.58. The molecular formula is C10H11O4S-. The standard InChI is InChI=1S/C10H12O4S/c1-7-3-2-4-10(15(11,12)13)9(7)5-8-6-14-8/h2-4,8H,5-6H2,1H3,(H,11,12,13)/p-1. The molecule has 1 aromatic rings. The molecule has 1 aromatic carbocycles. The maximum Gasteiger partial charge on any atom is 0.124 e. The quantitative estimate of drug-likeness (QED) is 0.566. The average Bonchev–Trinajstić information content (AvgIpc) is 2.90. The molecule has 0 aromatic heterocycles. The van der Waals surface area contributed by atoms with Gasteiger partial charge in [-0.25, -0.2) is 8.42 Å². The van der Waals surface area contributed by atoms with Gasteiger partial charge in [-0.15, -0.1) is 0 Å². The number of ether oxygens (including phenoxy) is 1. The summed E-state index contributed by atoms with van der Waals surface area (Å²) in [7, 11) is -4.38. The third-order valence-corrected chi connectivity index (χ3v) is 3.39. The fourth-order valence-corrected chi connectivity index (χ4v) is 2.38. The van der Waals surface area contributed by atoms with Crippen LogP contribution in [0.5, 0.6) is 0 Å². The van der Waals surface area contributed by atoms with Crippen LogP contribution in [0.2, 0.25) is 0 Å². The molecule has 5 heteroatoms. The van der Waals surface area contributed by atoms with Crippen molar-refractivity contribution in [1.29, 1.82) is 0 Å². The number of rotatable bonds is 3. The summed E-state index contributed by atoms with van der Waals surface area (Å²) < 4.78 is 38.1. The van der Waals surface area contributed by atoms with E-state index >= 15 is 0 Å². The molecule has 1 unspecified atom stereocenters. The molecule has 0 aliphatic carbocycles. The molecule has 0 N–H and O–H groups in total. The summed E-state index contributed by atoms with van der Waals surface area (Å²) in [5.74, 6) is 0. The van der Waals surface area contributed by atoms with Crippen molar-refractivity contribution in [2.75, 3.05) is 6.61 Å². The molecule has 0 radical (unpaired) electrons. The lowest BCUT2D eigenvalue weighted by atomic mass is 10.0. The van der Waals surface area contributed by atoms with Gasteiger partial charge in [0.2, 0.25) is 0 Å². The lowest BCUT2D eigenvalue weighted by Gasteiger charge is -2.14. The van der Waals surface area contributed by atoms with E-state index in [4.69, 9.17) is 4.74 Å². The van der Waals surface area contributed by atoms with Gasteiger partial charge >= 0.3 is 0 Å². The van der Waals surface area contributed by atoms with Crippen molar-refractivity contribution >= 4 is 10.1 Å². The van der Waals surface area contributed by atoms with Gasteiger partial charge in [-0.1, -0.05) is 12.1 Å². The van der Waals surface area contributed by atoms with Gasteiger partial charge in [0.1, 0.15) is 10.1 Å². The van der Waals surface area contributed by atoms with Gasteiger partial charge in [0, 0.05) is 6.42 Å². The summed E-state index contributed by atoms with van der Waals surface area (Å²) >= 11 is 0. The summed E-state index contributed by atoms with van der Waals surface area (Å²) in [6, 6.07) is 4.73. The van der Waals surface area contributed by atoms with Crippen molar-refractivity contribution < 1.29 is 17.7 Å². The van der Waals surface area contributed by atoms with Crippen molar-refractivity contribution in [3.8, 4) is 0 Å². The minimum atomic E-state index is -4.38. The first-order valence-electron chi connectivity index (χ1n) is 4.64. The molecule has 15 heavy (non-hydrogen) atoms. The Bertz CT molecular complexity index is 474. The van der Waals surface area contributed by atoms with Gasteiger partial charge in [-0.05, 0) is 24.1 Å². The minimum Gasteiger partial charge on any atom is -0.744 e. The smallest absolute Gasteiger partial charge is 0.124 e. The largest absolute Gasteiger partial charge is 0.744 e. The summed E-state index contributed by atoms with van der Waals surface area (Å²) in [4.78, 5) is -0.113.